The standard InChI is InChI=1S/C19H30O2.C12H24O2/c1-2-3-4-5-6-7-8-9-13-16-19(20)21-17-18-14-11-10-12-15-18;1-2-3-4-5-6-7-8-9-10-11-12(13)14/h10-12,14-15H,2-9,13,16-17H2,1H3;2-11H2,1H3,(H,13,14). The van der Waals surface area contributed by atoms with E-state index in [0.29, 0.717) is 19.4 Å². The molecule has 4 heteroatoms. The van der Waals surface area contributed by atoms with Gasteiger partial charge in [0.05, 0.1) is 0 Å². The number of carboxylic acid groups (broad SMARTS) is 1. The van der Waals surface area contributed by atoms with Gasteiger partial charge in [0.25, 0.3) is 0 Å². The number of unbranched alkanes of at least 4 members (excludes halogenated alkanes) is 16. The van der Waals surface area contributed by atoms with Crippen LogP contribution in [0.15, 0.2) is 30.3 Å². The van der Waals surface area contributed by atoms with E-state index in [9.17, 15) is 9.59 Å². The topological polar surface area (TPSA) is 63.6 Å². The van der Waals surface area contributed by atoms with Gasteiger partial charge < -0.3 is 9.84 Å². The first-order chi connectivity index (χ1) is 17.1. The zero-order valence-electron chi connectivity index (χ0n) is 22.9. The van der Waals surface area contributed by atoms with Crippen LogP contribution in [-0.4, -0.2) is 17.0 Å². The van der Waals surface area contributed by atoms with Crippen LogP contribution >= 0.6 is 0 Å². The average molecular weight is 491 g/mol. The molecule has 0 bridgehead atoms. The zero-order chi connectivity index (χ0) is 25.8. The van der Waals surface area contributed by atoms with Crippen LogP contribution in [0.5, 0.6) is 0 Å². The molecule has 35 heavy (non-hydrogen) atoms. The Balaban J connectivity index is 0.000000720. The second-order valence-corrected chi connectivity index (χ2v) is 9.70. The van der Waals surface area contributed by atoms with Gasteiger partial charge in [-0.1, -0.05) is 147 Å². The molecule has 1 aromatic rings. The molecule has 0 aliphatic carbocycles. The van der Waals surface area contributed by atoms with Crippen LogP contribution < -0.4 is 0 Å². The van der Waals surface area contributed by atoms with Crippen LogP contribution in [0.3, 0.4) is 0 Å². The third-order valence-electron chi connectivity index (χ3n) is 6.22. The van der Waals surface area contributed by atoms with Crippen molar-refractivity contribution < 1.29 is 19.4 Å². The number of carbonyl (C=O) groups excluding carboxylic acids is 1. The molecule has 0 aromatic heterocycles. The molecule has 4 nitrogen and oxygen atoms in total. The van der Waals surface area contributed by atoms with Crippen LogP contribution in [0.1, 0.15) is 148 Å². The van der Waals surface area contributed by atoms with Crippen molar-refractivity contribution in [2.45, 2.75) is 149 Å². The van der Waals surface area contributed by atoms with E-state index in [1.807, 2.05) is 30.3 Å². The lowest BCUT2D eigenvalue weighted by atomic mass is 10.1. The third kappa shape index (κ3) is 26.6. The Hall–Kier alpha value is -1.84. The zero-order valence-corrected chi connectivity index (χ0v) is 22.9. The highest BCUT2D eigenvalue weighted by Crippen LogP contribution is 2.12. The number of benzene rings is 1. The minimum atomic E-state index is -0.659. The van der Waals surface area contributed by atoms with Crippen LogP contribution in [0.4, 0.5) is 0 Å². The van der Waals surface area contributed by atoms with E-state index in [2.05, 4.69) is 13.8 Å². The first kappa shape index (κ1) is 33.2. The maximum absolute atomic E-state index is 11.6. The predicted molar refractivity (Wildman–Crippen MR) is 148 cm³/mol. The van der Waals surface area contributed by atoms with Gasteiger partial charge in [0, 0.05) is 12.8 Å². The molecule has 0 atom stereocenters. The van der Waals surface area contributed by atoms with Crippen molar-refractivity contribution in [3.05, 3.63) is 35.9 Å². The molecule has 202 valence electrons. The molecule has 0 aliphatic rings. The molecule has 0 unspecified atom stereocenters. The van der Waals surface area contributed by atoms with Crippen LogP contribution in [-0.2, 0) is 20.9 Å². The number of aliphatic carboxylic acids is 1. The number of hydrogen-bond acceptors (Lipinski definition) is 3. The minimum absolute atomic E-state index is 0.0678. The van der Waals surface area contributed by atoms with Gasteiger partial charge >= 0.3 is 11.9 Å². The second-order valence-electron chi connectivity index (χ2n) is 9.70. The van der Waals surface area contributed by atoms with Gasteiger partial charge in [0.1, 0.15) is 6.61 Å². The predicted octanol–water partition coefficient (Wildman–Crippen LogP) is 9.64. The second kappa shape index (κ2) is 26.8. The summed E-state index contributed by atoms with van der Waals surface area (Å²) in [5, 5.41) is 8.41. The van der Waals surface area contributed by atoms with Gasteiger partial charge in [0.2, 0.25) is 0 Å². The summed E-state index contributed by atoms with van der Waals surface area (Å²) < 4.78 is 5.26. The molecule has 0 radical (unpaired) electrons. The van der Waals surface area contributed by atoms with Crippen molar-refractivity contribution in [1.82, 2.24) is 0 Å². The number of carboxylic acids is 1. The Bertz CT molecular complexity index is 585. The number of hydrogen-bond donors (Lipinski definition) is 1. The molecule has 0 fully saturated rings. The molecule has 0 heterocycles. The number of carbonyl (C=O) groups is 2. The fourth-order valence-electron chi connectivity index (χ4n) is 3.98. The number of esters is 1. The maximum atomic E-state index is 11.6. The quantitative estimate of drug-likeness (QED) is 0.130. The van der Waals surface area contributed by atoms with Crippen LogP contribution in [0, 0.1) is 0 Å². The van der Waals surface area contributed by atoms with E-state index in [0.717, 1.165) is 31.2 Å². The largest absolute Gasteiger partial charge is 0.481 e. The highest BCUT2D eigenvalue weighted by atomic mass is 16.5. The lowest BCUT2D eigenvalue weighted by molar-refractivity contribution is -0.145. The summed E-state index contributed by atoms with van der Waals surface area (Å²) in [6, 6.07) is 9.85. The molecule has 0 aliphatic heterocycles. The summed E-state index contributed by atoms with van der Waals surface area (Å²) in [6.07, 6.45) is 23.5. The number of rotatable bonds is 22. The van der Waals surface area contributed by atoms with E-state index >= 15 is 0 Å². The lowest BCUT2D eigenvalue weighted by Crippen LogP contribution is -2.04. The normalized spacial score (nSPS) is 10.5. The average Bonchev–Trinajstić information content (AvgIpc) is 2.86. The Morgan fingerprint density at radius 3 is 1.43 bits per heavy atom. The molecule has 1 aromatic carbocycles. The van der Waals surface area contributed by atoms with E-state index in [1.54, 1.807) is 0 Å². The Morgan fingerprint density at radius 1 is 0.600 bits per heavy atom. The van der Waals surface area contributed by atoms with Crippen molar-refractivity contribution >= 4 is 11.9 Å². The van der Waals surface area contributed by atoms with Crippen molar-refractivity contribution in [3.8, 4) is 0 Å². The van der Waals surface area contributed by atoms with Crippen molar-refractivity contribution in [1.29, 1.82) is 0 Å². The summed E-state index contributed by atoms with van der Waals surface area (Å²) in [5.41, 5.74) is 1.05. The van der Waals surface area contributed by atoms with Crippen molar-refractivity contribution in [2.75, 3.05) is 0 Å². The smallest absolute Gasteiger partial charge is 0.306 e. The van der Waals surface area contributed by atoms with Crippen molar-refractivity contribution in [3.63, 3.8) is 0 Å². The first-order valence-corrected chi connectivity index (χ1v) is 14.5. The van der Waals surface area contributed by atoms with E-state index in [1.165, 1.54) is 89.9 Å². The van der Waals surface area contributed by atoms with Gasteiger partial charge in [0.15, 0.2) is 0 Å². The van der Waals surface area contributed by atoms with Gasteiger partial charge in [-0.2, -0.15) is 0 Å². The van der Waals surface area contributed by atoms with Gasteiger partial charge in [-0.25, -0.2) is 0 Å². The van der Waals surface area contributed by atoms with E-state index in [4.69, 9.17) is 9.84 Å². The van der Waals surface area contributed by atoms with Crippen LogP contribution in [0.2, 0.25) is 0 Å². The molecule has 1 N–H and O–H groups in total. The fourth-order valence-corrected chi connectivity index (χ4v) is 3.98. The lowest BCUT2D eigenvalue weighted by Gasteiger charge is -2.05. The van der Waals surface area contributed by atoms with E-state index in [-0.39, 0.29) is 5.97 Å². The SMILES string of the molecule is CCCCCCCCCCCC(=O)O.CCCCCCCCCCCC(=O)OCc1ccccc1. The molecule has 1 rings (SSSR count). The Morgan fingerprint density at radius 2 is 1.00 bits per heavy atom. The fraction of sp³-hybridized carbons (Fsp3) is 0.742. The molecular weight excluding hydrogens is 436 g/mol. The number of ether oxygens (including phenoxy) is 1. The molecular formula is C31H54O4. The van der Waals surface area contributed by atoms with Gasteiger partial charge in [-0.05, 0) is 18.4 Å². The molecule has 0 spiro atoms. The summed E-state index contributed by atoms with van der Waals surface area (Å²) in [5.74, 6) is -0.727. The van der Waals surface area contributed by atoms with Gasteiger partial charge in [-0.3, -0.25) is 9.59 Å². The van der Waals surface area contributed by atoms with Crippen LogP contribution in [0.25, 0.3) is 0 Å². The summed E-state index contributed by atoms with van der Waals surface area (Å²) in [7, 11) is 0. The molecule has 0 saturated heterocycles. The molecule has 0 amide bonds. The summed E-state index contributed by atoms with van der Waals surface area (Å²) in [6.45, 7) is 4.87. The minimum Gasteiger partial charge on any atom is -0.481 e. The third-order valence-corrected chi connectivity index (χ3v) is 6.22. The van der Waals surface area contributed by atoms with Crippen molar-refractivity contribution in [2.24, 2.45) is 0 Å². The summed E-state index contributed by atoms with van der Waals surface area (Å²) in [4.78, 5) is 21.8. The monoisotopic (exact) mass is 490 g/mol. The highest BCUT2D eigenvalue weighted by Gasteiger charge is 2.03. The first-order valence-electron chi connectivity index (χ1n) is 14.5. The maximum Gasteiger partial charge on any atom is 0.306 e. The summed E-state index contributed by atoms with van der Waals surface area (Å²) >= 11 is 0. The Labute approximate surface area is 216 Å². The highest BCUT2D eigenvalue weighted by molar-refractivity contribution is 5.69. The molecule has 0 saturated carbocycles. The Kier molecular flexibility index (Phi) is 25.4. The van der Waals surface area contributed by atoms with E-state index < -0.39 is 5.97 Å². The van der Waals surface area contributed by atoms with Gasteiger partial charge in [-0.15, -0.1) is 0 Å².